The number of benzene rings is 3. The fraction of sp³-hybridized carbons (Fsp3) is 0.217. The molecule has 0 aliphatic carbocycles. The number of aliphatic hydroxyl groups is 1. The predicted octanol–water partition coefficient (Wildman–Crippen LogP) is 4.31. The zero-order valence-electron chi connectivity index (χ0n) is 15.1. The van der Waals surface area contributed by atoms with Gasteiger partial charge in [-0.15, -0.1) is 0 Å². The van der Waals surface area contributed by atoms with E-state index in [2.05, 4.69) is 0 Å². The highest BCUT2D eigenvalue weighted by molar-refractivity contribution is 5.38. The summed E-state index contributed by atoms with van der Waals surface area (Å²) in [6, 6.07) is 25.8. The molecule has 3 rings (SSSR count). The molecule has 3 nitrogen and oxygen atoms in total. The summed E-state index contributed by atoms with van der Waals surface area (Å²) in [5.41, 5.74) is 8.80. The number of ether oxygens (including phenoxy) is 1. The Bertz CT molecular complexity index is 829. The van der Waals surface area contributed by atoms with Crippen molar-refractivity contribution in [2.24, 2.45) is 5.73 Å². The van der Waals surface area contributed by atoms with Crippen LogP contribution in [0.25, 0.3) is 0 Å². The number of hydrogen-bond acceptors (Lipinski definition) is 3. The molecule has 3 N–H and O–H groups in total. The largest absolute Gasteiger partial charge is 0.489 e. The Morgan fingerprint density at radius 2 is 1.50 bits per heavy atom. The SMILES string of the molecule is Cc1cc(OCc2ccccc2)ccc1C(N)(O)CCc1ccccc1. The smallest absolute Gasteiger partial charge is 0.140 e. The molecule has 134 valence electrons. The molecule has 0 fully saturated rings. The summed E-state index contributed by atoms with van der Waals surface area (Å²) in [5.74, 6) is 0.772. The van der Waals surface area contributed by atoms with Crippen molar-refractivity contribution in [1.29, 1.82) is 0 Å². The molecule has 0 aromatic heterocycles. The van der Waals surface area contributed by atoms with Crippen LogP contribution in [0.3, 0.4) is 0 Å². The van der Waals surface area contributed by atoms with Gasteiger partial charge in [-0.1, -0.05) is 66.7 Å². The van der Waals surface area contributed by atoms with E-state index in [9.17, 15) is 5.11 Å². The minimum Gasteiger partial charge on any atom is -0.489 e. The second-order valence-electron chi connectivity index (χ2n) is 6.66. The van der Waals surface area contributed by atoms with Crippen molar-refractivity contribution in [2.45, 2.75) is 32.1 Å². The van der Waals surface area contributed by atoms with E-state index in [-0.39, 0.29) is 0 Å². The van der Waals surface area contributed by atoms with Gasteiger partial charge in [0.25, 0.3) is 0 Å². The lowest BCUT2D eigenvalue weighted by molar-refractivity contribution is 0.0339. The van der Waals surface area contributed by atoms with Crippen LogP contribution in [0.5, 0.6) is 5.75 Å². The number of rotatable bonds is 7. The average molecular weight is 347 g/mol. The first-order valence-electron chi connectivity index (χ1n) is 8.88. The molecule has 0 heterocycles. The summed E-state index contributed by atoms with van der Waals surface area (Å²) < 4.78 is 5.85. The van der Waals surface area contributed by atoms with Crippen molar-refractivity contribution < 1.29 is 9.84 Å². The normalized spacial score (nSPS) is 13.2. The van der Waals surface area contributed by atoms with Crippen LogP contribution in [0.15, 0.2) is 78.9 Å². The number of nitrogens with two attached hydrogens (primary N) is 1. The minimum absolute atomic E-state index is 0.460. The first-order valence-corrected chi connectivity index (χ1v) is 8.88. The first kappa shape index (κ1) is 18.2. The highest BCUT2D eigenvalue weighted by atomic mass is 16.5. The van der Waals surface area contributed by atoms with Gasteiger partial charge in [0.1, 0.15) is 18.1 Å². The van der Waals surface area contributed by atoms with Crippen LogP contribution >= 0.6 is 0 Å². The first-order chi connectivity index (χ1) is 12.5. The monoisotopic (exact) mass is 347 g/mol. The molecule has 0 radical (unpaired) electrons. The van der Waals surface area contributed by atoms with E-state index in [0.29, 0.717) is 13.0 Å². The summed E-state index contributed by atoms with van der Waals surface area (Å²) in [6.45, 7) is 2.46. The van der Waals surface area contributed by atoms with Crippen molar-refractivity contribution in [3.63, 3.8) is 0 Å². The Morgan fingerprint density at radius 1 is 0.885 bits per heavy atom. The number of hydrogen-bond donors (Lipinski definition) is 2. The summed E-state index contributed by atoms with van der Waals surface area (Å²) in [7, 11) is 0. The van der Waals surface area contributed by atoms with Gasteiger partial charge in [0.2, 0.25) is 0 Å². The second-order valence-corrected chi connectivity index (χ2v) is 6.66. The van der Waals surface area contributed by atoms with Crippen molar-refractivity contribution in [1.82, 2.24) is 0 Å². The van der Waals surface area contributed by atoms with Crippen molar-refractivity contribution in [2.75, 3.05) is 0 Å². The van der Waals surface area contributed by atoms with Crippen molar-refractivity contribution >= 4 is 0 Å². The summed E-state index contributed by atoms with van der Waals surface area (Å²) in [4.78, 5) is 0. The summed E-state index contributed by atoms with van der Waals surface area (Å²) in [5, 5.41) is 10.8. The van der Waals surface area contributed by atoms with Gasteiger partial charge in [-0.25, -0.2) is 0 Å². The van der Waals surface area contributed by atoms with Crippen LogP contribution in [-0.4, -0.2) is 5.11 Å². The third-order valence-electron chi connectivity index (χ3n) is 4.55. The van der Waals surface area contributed by atoms with Crippen LogP contribution in [-0.2, 0) is 18.8 Å². The van der Waals surface area contributed by atoms with E-state index < -0.39 is 5.72 Å². The molecule has 0 bridgehead atoms. The Hall–Kier alpha value is -2.62. The third kappa shape index (κ3) is 4.72. The van der Waals surface area contributed by atoms with Crippen LogP contribution in [0, 0.1) is 6.92 Å². The average Bonchev–Trinajstić information content (AvgIpc) is 2.66. The fourth-order valence-electron chi connectivity index (χ4n) is 3.07. The van der Waals surface area contributed by atoms with E-state index in [4.69, 9.17) is 10.5 Å². The molecule has 0 aliphatic heterocycles. The van der Waals surface area contributed by atoms with Crippen LogP contribution in [0.2, 0.25) is 0 Å². The summed E-state index contributed by atoms with van der Waals surface area (Å²) >= 11 is 0. The quantitative estimate of drug-likeness (QED) is 0.626. The fourth-order valence-corrected chi connectivity index (χ4v) is 3.07. The maximum Gasteiger partial charge on any atom is 0.140 e. The molecule has 0 spiro atoms. The predicted molar refractivity (Wildman–Crippen MR) is 105 cm³/mol. The molecule has 0 aliphatic rings. The zero-order valence-corrected chi connectivity index (χ0v) is 15.1. The Morgan fingerprint density at radius 3 is 2.12 bits per heavy atom. The molecule has 0 amide bonds. The molecule has 26 heavy (non-hydrogen) atoms. The maximum atomic E-state index is 10.8. The standard InChI is InChI=1S/C23H25NO2/c1-18-16-21(26-17-20-10-6-3-7-11-20)12-13-22(18)23(24,25)15-14-19-8-4-2-5-9-19/h2-13,16,25H,14-15,17,24H2,1H3. The van der Waals surface area contributed by atoms with Crippen molar-refractivity contribution in [3.05, 3.63) is 101 Å². The highest BCUT2D eigenvalue weighted by Crippen LogP contribution is 2.28. The maximum absolute atomic E-state index is 10.8. The van der Waals surface area contributed by atoms with Gasteiger partial charge in [0, 0.05) is 5.56 Å². The van der Waals surface area contributed by atoms with Gasteiger partial charge < -0.3 is 9.84 Å². The molecule has 1 unspecified atom stereocenters. The molecular weight excluding hydrogens is 322 g/mol. The van der Waals surface area contributed by atoms with Gasteiger partial charge in [-0.2, -0.15) is 0 Å². The Kier molecular flexibility index (Phi) is 5.71. The van der Waals surface area contributed by atoms with Gasteiger partial charge in [-0.05, 0) is 48.6 Å². The Balaban J connectivity index is 1.65. The topological polar surface area (TPSA) is 55.5 Å². The third-order valence-corrected chi connectivity index (χ3v) is 4.55. The second kappa shape index (κ2) is 8.17. The zero-order chi connectivity index (χ0) is 18.4. The highest BCUT2D eigenvalue weighted by Gasteiger charge is 2.25. The lowest BCUT2D eigenvalue weighted by atomic mass is 9.92. The molecule has 0 saturated heterocycles. The molecular formula is C23H25NO2. The lowest BCUT2D eigenvalue weighted by Gasteiger charge is -2.26. The van der Waals surface area contributed by atoms with Crippen LogP contribution in [0.1, 0.15) is 28.7 Å². The van der Waals surface area contributed by atoms with Gasteiger partial charge in [0.15, 0.2) is 0 Å². The van der Waals surface area contributed by atoms with E-state index in [1.54, 1.807) is 0 Å². The summed E-state index contributed by atoms with van der Waals surface area (Å²) in [6.07, 6.45) is 1.18. The van der Waals surface area contributed by atoms with E-state index >= 15 is 0 Å². The van der Waals surface area contributed by atoms with Gasteiger partial charge >= 0.3 is 0 Å². The van der Waals surface area contributed by atoms with E-state index in [1.165, 1.54) is 0 Å². The van der Waals surface area contributed by atoms with E-state index in [1.807, 2.05) is 85.8 Å². The Labute approximate surface area is 155 Å². The van der Waals surface area contributed by atoms with Crippen LogP contribution in [0.4, 0.5) is 0 Å². The molecule has 3 heteroatoms. The van der Waals surface area contributed by atoms with Crippen molar-refractivity contribution in [3.8, 4) is 5.75 Å². The van der Waals surface area contributed by atoms with Gasteiger partial charge in [0.05, 0.1) is 0 Å². The number of aryl methyl sites for hydroxylation is 2. The molecule has 3 aromatic carbocycles. The molecule has 0 saturated carbocycles. The minimum atomic E-state index is -1.36. The lowest BCUT2D eigenvalue weighted by Crippen LogP contribution is -2.37. The molecule has 3 aromatic rings. The molecule has 1 atom stereocenters. The van der Waals surface area contributed by atoms with E-state index in [0.717, 1.165) is 34.4 Å². The van der Waals surface area contributed by atoms with Gasteiger partial charge in [-0.3, -0.25) is 5.73 Å². The van der Waals surface area contributed by atoms with Crippen LogP contribution < -0.4 is 10.5 Å².